The number of hydrogen-bond acceptors (Lipinski definition) is 4. The smallest absolute Gasteiger partial charge is 0.244 e. The maximum absolute atomic E-state index is 12.2. The molecule has 1 aromatic carbocycles. The van der Waals surface area contributed by atoms with Crippen LogP contribution >= 0.6 is 0 Å². The van der Waals surface area contributed by atoms with Crippen molar-refractivity contribution in [3.8, 4) is 0 Å². The molecule has 0 atom stereocenters. The Morgan fingerprint density at radius 3 is 2.08 bits per heavy atom. The number of rotatable bonds is 5. The maximum Gasteiger partial charge on any atom is 0.244 e. The largest absolute Gasteiger partial charge is 0.340 e. The number of carbonyl (C=O) groups excluding carboxylic acids is 1. The minimum Gasteiger partial charge on any atom is -0.340 e. The molecule has 1 N–H and O–H groups in total. The van der Waals surface area contributed by atoms with E-state index in [0.29, 0.717) is 17.1 Å². The van der Waals surface area contributed by atoms with E-state index in [1.165, 1.54) is 38.4 Å². The highest BCUT2D eigenvalue weighted by molar-refractivity contribution is 7.89. The quantitative estimate of drug-likeness (QED) is 0.869. The molecule has 0 aliphatic rings. The second-order valence-electron chi connectivity index (χ2n) is 5.92. The molecule has 0 aliphatic heterocycles. The highest BCUT2D eigenvalue weighted by atomic mass is 32.2. The van der Waals surface area contributed by atoms with Gasteiger partial charge in [0.1, 0.15) is 6.54 Å². The monoisotopic (exact) mass is 363 g/mol. The number of nitrogens with zero attached hydrogens (tertiary/aromatic N) is 2. The van der Waals surface area contributed by atoms with Crippen LogP contribution in [0.1, 0.15) is 11.4 Å². The van der Waals surface area contributed by atoms with E-state index < -0.39 is 10.0 Å². The first-order chi connectivity index (χ1) is 11.6. The Balaban J connectivity index is 2.13. The van der Waals surface area contributed by atoms with E-state index >= 15 is 0 Å². The Labute approximate surface area is 147 Å². The summed E-state index contributed by atoms with van der Waals surface area (Å²) in [6, 6.07) is 8.92. The van der Waals surface area contributed by atoms with Gasteiger partial charge in [-0.1, -0.05) is 0 Å². The molecule has 7 nitrogen and oxygen atoms in total. The predicted molar refractivity (Wildman–Crippen MR) is 96.1 cm³/mol. The summed E-state index contributed by atoms with van der Waals surface area (Å²) in [5.41, 5.74) is 1.81. The fraction of sp³-hybridized carbons (Fsp3) is 0.294. The van der Waals surface area contributed by atoms with Gasteiger partial charge in [-0.3, -0.25) is 9.59 Å². The van der Waals surface area contributed by atoms with Crippen molar-refractivity contribution in [1.82, 2.24) is 8.87 Å². The van der Waals surface area contributed by atoms with Gasteiger partial charge in [0.05, 0.1) is 4.90 Å². The number of anilines is 1. The molecule has 0 fully saturated rings. The average Bonchev–Trinajstić information content (AvgIpc) is 2.51. The van der Waals surface area contributed by atoms with Crippen molar-refractivity contribution in [1.29, 1.82) is 0 Å². The lowest BCUT2D eigenvalue weighted by atomic mass is 10.2. The maximum atomic E-state index is 12.2. The van der Waals surface area contributed by atoms with Gasteiger partial charge in [0, 0.05) is 43.3 Å². The summed E-state index contributed by atoms with van der Waals surface area (Å²) in [4.78, 5) is 23.8. The van der Waals surface area contributed by atoms with Gasteiger partial charge in [-0.2, -0.15) is 0 Å². The van der Waals surface area contributed by atoms with Crippen LogP contribution in [-0.2, 0) is 21.4 Å². The molecule has 8 heteroatoms. The Kier molecular flexibility index (Phi) is 5.44. The van der Waals surface area contributed by atoms with Crippen LogP contribution in [0.3, 0.4) is 0 Å². The molecule has 0 aliphatic carbocycles. The fourth-order valence-corrected chi connectivity index (χ4v) is 3.30. The van der Waals surface area contributed by atoms with Crippen LogP contribution in [-0.4, -0.2) is 37.3 Å². The molecule has 0 radical (unpaired) electrons. The van der Waals surface area contributed by atoms with Crippen LogP contribution in [0, 0.1) is 13.8 Å². The number of hydrogen-bond donors (Lipinski definition) is 1. The number of nitrogens with one attached hydrogen (secondary N) is 1. The molecule has 0 bridgehead atoms. The van der Waals surface area contributed by atoms with Gasteiger partial charge in [0.2, 0.25) is 15.9 Å². The lowest BCUT2D eigenvalue weighted by molar-refractivity contribution is -0.116. The zero-order valence-electron chi connectivity index (χ0n) is 14.6. The summed E-state index contributed by atoms with van der Waals surface area (Å²) in [6.07, 6.45) is 0. The van der Waals surface area contributed by atoms with E-state index in [1.54, 1.807) is 30.5 Å². The molecule has 0 spiro atoms. The van der Waals surface area contributed by atoms with Gasteiger partial charge in [-0.15, -0.1) is 0 Å². The summed E-state index contributed by atoms with van der Waals surface area (Å²) in [5.74, 6) is -0.266. The highest BCUT2D eigenvalue weighted by Gasteiger charge is 2.16. The summed E-state index contributed by atoms with van der Waals surface area (Å²) >= 11 is 0. The second-order valence-corrected chi connectivity index (χ2v) is 8.07. The molecule has 0 saturated heterocycles. The van der Waals surface area contributed by atoms with E-state index in [0.717, 1.165) is 4.31 Å². The topological polar surface area (TPSA) is 88.5 Å². The molecule has 25 heavy (non-hydrogen) atoms. The zero-order chi connectivity index (χ0) is 18.8. The van der Waals surface area contributed by atoms with Gasteiger partial charge in [0.15, 0.2) is 5.43 Å². The van der Waals surface area contributed by atoms with Gasteiger partial charge >= 0.3 is 0 Å². The molecule has 2 rings (SSSR count). The van der Waals surface area contributed by atoms with Crippen LogP contribution in [0.2, 0.25) is 0 Å². The van der Waals surface area contributed by atoms with E-state index in [2.05, 4.69) is 5.32 Å². The van der Waals surface area contributed by atoms with Gasteiger partial charge in [-0.25, -0.2) is 12.7 Å². The first-order valence-electron chi connectivity index (χ1n) is 7.62. The number of carbonyl (C=O) groups is 1. The van der Waals surface area contributed by atoms with Crippen LogP contribution < -0.4 is 10.7 Å². The van der Waals surface area contributed by atoms with E-state index in [4.69, 9.17) is 0 Å². The normalized spacial score (nSPS) is 11.6. The molecule has 1 aromatic heterocycles. The molecular weight excluding hydrogens is 342 g/mol. The van der Waals surface area contributed by atoms with Crippen molar-refractivity contribution < 1.29 is 13.2 Å². The van der Waals surface area contributed by atoms with Crippen LogP contribution in [0.4, 0.5) is 5.69 Å². The number of aryl methyl sites for hydroxylation is 2. The molecule has 134 valence electrons. The van der Waals surface area contributed by atoms with Crippen LogP contribution in [0.25, 0.3) is 0 Å². The first kappa shape index (κ1) is 18.9. The number of benzene rings is 1. The molecule has 0 unspecified atom stereocenters. The number of amides is 1. The van der Waals surface area contributed by atoms with E-state index in [1.807, 2.05) is 0 Å². The van der Waals surface area contributed by atoms with Crippen molar-refractivity contribution >= 4 is 21.6 Å². The minimum absolute atomic E-state index is 0.0652. The molecule has 1 amide bonds. The zero-order valence-corrected chi connectivity index (χ0v) is 15.4. The standard InChI is InChI=1S/C17H21N3O4S/c1-12-9-15(21)10-13(2)20(12)11-17(22)18-14-5-7-16(8-6-14)25(23,24)19(3)4/h5-10H,11H2,1-4H3,(H,18,22). The SMILES string of the molecule is Cc1cc(=O)cc(C)n1CC(=O)Nc1ccc(S(=O)(=O)N(C)C)cc1. The van der Waals surface area contributed by atoms with Crippen LogP contribution in [0.5, 0.6) is 0 Å². The van der Waals surface area contributed by atoms with Gasteiger partial charge < -0.3 is 9.88 Å². The summed E-state index contributed by atoms with van der Waals surface area (Å²) in [5, 5.41) is 2.72. The molecular formula is C17H21N3O4S. The third kappa shape index (κ3) is 4.34. The lowest BCUT2D eigenvalue weighted by Crippen LogP contribution is -2.23. The Morgan fingerprint density at radius 2 is 1.60 bits per heavy atom. The lowest BCUT2D eigenvalue weighted by Gasteiger charge is -2.14. The summed E-state index contributed by atoms with van der Waals surface area (Å²) in [6.45, 7) is 3.60. The Bertz CT molecular complexity index is 919. The van der Waals surface area contributed by atoms with E-state index in [9.17, 15) is 18.0 Å². The van der Waals surface area contributed by atoms with Gasteiger partial charge in [0.25, 0.3) is 0 Å². The summed E-state index contributed by atoms with van der Waals surface area (Å²) < 4.78 is 26.9. The minimum atomic E-state index is -3.50. The average molecular weight is 363 g/mol. The second kappa shape index (κ2) is 7.20. The van der Waals surface area contributed by atoms with Gasteiger partial charge in [-0.05, 0) is 38.1 Å². The number of sulfonamides is 1. The van der Waals surface area contributed by atoms with Crippen molar-refractivity contribution in [2.24, 2.45) is 0 Å². The Hall–Kier alpha value is -2.45. The van der Waals surface area contributed by atoms with Crippen molar-refractivity contribution in [2.45, 2.75) is 25.3 Å². The third-order valence-corrected chi connectivity index (χ3v) is 5.60. The fourth-order valence-electron chi connectivity index (χ4n) is 2.40. The number of pyridine rings is 1. The highest BCUT2D eigenvalue weighted by Crippen LogP contribution is 2.16. The summed E-state index contributed by atoms with van der Waals surface area (Å²) in [7, 11) is -0.582. The van der Waals surface area contributed by atoms with Crippen LogP contribution in [0.15, 0.2) is 46.1 Å². The van der Waals surface area contributed by atoms with Crippen molar-refractivity contribution in [2.75, 3.05) is 19.4 Å². The number of aromatic nitrogens is 1. The molecule has 1 heterocycles. The van der Waals surface area contributed by atoms with E-state index in [-0.39, 0.29) is 22.8 Å². The molecule has 2 aromatic rings. The van der Waals surface area contributed by atoms with Crippen molar-refractivity contribution in [3.63, 3.8) is 0 Å². The third-order valence-electron chi connectivity index (χ3n) is 3.77. The predicted octanol–water partition coefficient (Wildman–Crippen LogP) is 1.35. The first-order valence-corrected chi connectivity index (χ1v) is 9.06. The van der Waals surface area contributed by atoms with Crippen molar-refractivity contribution in [3.05, 3.63) is 58.0 Å². The molecule has 0 saturated carbocycles. The Morgan fingerprint density at radius 1 is 1.08 bits per heavy atom.